The summed E-state index contributed by atoms with van der Waals surface area (Å²) >= 11 is 3.03. The molecule has 1 unspecified atom stereocenters. The van der Waals surface area contributed by atoms with Crippen LogP contribution in [0.25, 0.3) is 5.57 Å². The summed E-state index contributed by atoms with van der Waals surface area (Å²) in [6.07, 6.45) is 7.41. The molecule has 0 amide bonds. The van der Waals surface area contributed by atoms with Gasteiger partial charge in [0.2, 0.25) is 11.7 Å². The number of carbonyl (C=O) groups excluding carboxylic acids is 1. The highest BCUT2D eigenvalue weighted by Gasteiger charge is 2.51. The van der Waals surface area contributed by atoms with E-state index in [4.69, 9.17) is 19.1 Å². The summed E-state index contributed by atoms with van der Waals surface area (Å²) in [4.78, 5) is 30.6. The summed E-state index contributed by atoms with van der Waals surface area (Å²) in [6, 6.07) is 13.2. The van der Waals surface area contributed by atoms with Crippen LogP contribution < -0.4 is 5.73 Å². The van der Waals surface area contributed by atoms with Gasteiger partial charge in [0.15, 0.2) is 0 Å². The largest absolute Gasteiger partial charge is 0.399 e. The lowest BCUT2D eigenvalue weighted by Gasteiger charge is -2.20. The van der Waals surface area contributed by atoms with Crippen molar-refractivity contribution < 1.29 is 32.5 Å². The number of carbonyl (C=O) groups is 1. The van der Waals surface area contributed by atoms with Gasteiger partial charge in [0.05, 0.1) is 5.92 Å². The molecule has 1 atom stereocenters. The third-order valence-corrected chi connectivity index (χ3v) is 6.68. The van der Waals surface area contributed by atoms with E-state index in [-0.39, 0.29) is 4.47 Å². The van der Waals surface area contributed by atoms with E-state index in [2.05, 4.69) is 38.4 Å². The molecule has 0 bridgehead atoms. The zero-order valence-corrected chi connectivity index (χ0v) is 25.3. The van der Waals surface area contributed by atoms with Crippen LogP contribution in [0.1, 0.15) is 55.1 Å². The number of benzene rings is 2. The van der Waals surface area contributed by atoms with Gasteiger partial charge in [-0.05, 0) is 37.6 Å². The first-order chi connectivity index (χ1) is 19.1. The number of hydrogen-bond donors (Lipinski definition) is 3. The predicted octanol–water partition coefficient (Wildman–Crippen LogP) is 7.00. The van der Waals surface area contributed by atoms with Gasteiger partial charge in [-0.1, -0.05) is 108 Å². The zero-order valence-electron chi connectivity index (χ0n) is 22.8. The molecule has 0 fully saturated rings. The molecule has 0 spiro atoms. The van der Waals surface area contributed by atoms with E-state index in [0.29, 0.717) is 29.3 Å². The second-order valence-electron chi connectivity index (χ2n) is 7.38. The Morgan fingerprint density at radius 2 is 1.77 bits per heavy atom. The molecule has 12 heteroatoms. The van der Waals surface area contributed by atoms with Crippen LogP contribution in [0.2, 0.25) is 0 Å². The quantitative estimate of drug-likeness (QED) is 0.168. The maximum absolute atomic E-state index is 14.2. The van der Waals surface area contributed by atoms with Crippen molar-refractivity contribution in [3.05, 3.63) is 112 Å². The molecule has 2 aromatic carbocycles. The fourth-order valence-electron chi connectivity index (χ4n) is 3.28. The second kappa shape index (κ2) is 18.3. The van der Waals surface area contributed by atoms with Crippen molar-refractivity contribution in [3.8, 4) is 0 Å². The zero-order chi connectivity index (χ0) is 30.9. The molecular weight excluding hydrogens is 607 g/mol. The van der Waals surface area contributed by atoms with E-state index in [0.717, 1.165) is 11.6 Å². The van der Waals surface area contributed by atoms with Crippen molar-refractivity contribution in [3.63, 3.8) is 0 Å². The van der Waals surface area contributed by atoms with E-state index in [9.17, 15) is 13.3 Å². The molecule has 3 rings (SSSR count). The number of rotatable bonds is 9. The Morgan fingerprint density at radius 1 is 1.18 bits per heavy atom. The van der Waals surface area contributed by atoms with Crippen LogP contribution in [0.5, 0.6) is 0 Å². The molecule has 0 aliphatic rings. The Bertz CT molecular complexity index is 1290. The van der Waals surface area contributed by atoms with Crippen LogP contribution in [0.15, 0.2) is 88.4 Å². The topological polar surface area (TPSA) is 140 Å². The lowest BCUT2D eigenvalue weighted by molar-refractivity contribution is -0.0980. The summed E-state index contributed by atoms with van der Waals surface area (Å²) in [7, 11) is -4.19. The van der Waals surface area contributed by atoms with Crippen LogP contribution in [-0.2, 0) is 21.4 Å². The number of aromatic nitrogens is 2. The number of nitrogens with zero attached hydrogens (tertiary/aromatic N) is 2. The molecule has 0 saturated heterocycles. The predicted molar refractivity (Wildman–Crippen MR) is 158 cm³/mol. The minimum absolute atomic E-state index is 0.111. The molecule has 0 radical (unpaired) electrons. The molecule has 1 aromatic heterocycles. The van der Waals surface area contributed by atoms with Gasteiger partial charge < -0.3 is 24.8 Å². The van der Waals surface area contributed by atoms with Gasteiger partial charge in [-0.25, -0.2) is 0 Å². The van der Waals surface area contributed by atoms with Crippen LogP contribution in [0.4, 0.5) is 8.78 Å². The van der Waals surface area contributed by atoms with E-state index in [1.807, 2.05) is 70.0 Å². The Hall–Kier alpha value is -3.08. The van der Waals surface area contributed by atoms with Crippen molar-refractivity contribution in [1.29, 1.82) is 0 Å². The molecule has 1 heterocycles. The minimum Gasteiger partial charge on any atom is -0.338 e. The summed E-state index contributed by atoms with van der Waals surface area (Å²) in [5.41, 5.74) is 1.57. The number of allylic oxidation sites excluding steroid dienone is 5. The maximum atomic E-state index is 14.2. The molecule has 3 aromatic rings. The highest BCUT2D eigenvalue weighted by Crippen LogP contribution is 2.60. The molecular formula is C28H35BrF2N3O5P. The van der Waals surface area contributed by atoms with Gasteiger partial charge >= 0.3 is 13.3 Å². The standard InChI is InChI=1S/C24H22BrF2N2O4P.C2H6.CH5N.CH2O/c1-3-5-9-17(4-2)22-28-23(33-29-22)19(18-10-7-6-8-11-18)14-16-12-13-20(21(25)15-16)24(26,27)34(30,31)32;3*1-2/h3-13,15,19H,2,14H2,1H3,(H2,30,31,32);1-2H3;2H2,1H3;1H2/b5-3-,17-9+;;;. The first-order valence-electron chi connectivity index (χ1n) is 12.0. The number of halogens is 3. The molecule has 218 valence electrons. The average molecular weight is 642 g/mol. The normalized spacial score (nSPS) is 12.2. The van der Waals surface area contributed by atoms with Crippen molar-refractivity contribution in [1.82, 2.24) is 10.1 Å². The molecule has 0 aliphatic carbocycles. The first kappa shape index (κ1) is 36.9. The Morgan fingerprint density at radius 3 is 2.27 bits per heavy atom. The van der Waals surface area contributed by atoms with E-state index < -0.39 is 24.7 Å². The van der Waals surface area contributed by atoms with Gasteiger partial charge in [-0.15, -0.1) is 0 Å². The maximum Gasteiger partial charge on any atom is 0.399 e. The van der Waals surface area contributed by atoms with Gasteiger partial charge in [0, 0.05) is 15.6 Å². The van der Waals surface area contributed by atoms with Crippen molar-refractivity contribution in [2.45, 2.75) is 38.8 Å². The highest BCUT2D eigenvalue weighted by atomic mass is 79.9. The SMILES string of the molecule is C=C/C(=C\C=C/C)c1noc(C(Cc2ccc(C(F)(F)P(=O)(O)O)c(Br)c2)c2ccccc2)n1.C=O.CC.CN. The average Bonchev–Trinajstić information content (AvgIpc) is 3.45. The lowest BCUT2D eigenvalue weighted by atomic mass is 9.91. The monoisotopic (exact) mass is 641 g/mol. The minimum atomic E-state index is -5.69. The second-order valence-corrected chi connectivity index (χ2v) is 9.88. The van der Waals surface area contributed by atoms with Crippen LogP contribution in [-0.4, -0.2) is 33.8 Å². The highest BCUT2D eigenvalue weighted by molar-refractivity contribution is 9.10. The molecule has 4 N–H and O–H groups in total. The van der Waals surface area contributed by atoms with Gasteiger partial charge in [0.25, 0.3) is 0 Å². The summed E-state index contributed by atoms with van der Waals surface area (Å²) in [6.45, 7) is 11.7. The molecule has 40 heavy (non-hydrogen) atoms. The number of alkyl halides is 2. The third kappa shape index (κ3) is 9.83. The number of nitrogens with two attached hydrogens (primary N) is 1. The molecule has 8 nitrogen and oxygen atoms in total. The number of hydrogen-bond acceptors (Lipinski definition) is 6. The fraction of sp³-hybridized carbons (Fsp3) is 0.250. The summed E-state index contributed by atoms with van der Waals surface area (Å²) in [5.74, 6) is 0.298. The molecule has 0 saturated carbocycles. The Balaban J connectivity index is 0.00000237. The van der Waals surface area contributed by atoms with Gasteiger partial charge in [-0.2, -0.15) is 13.8 Å². The summed E-state index contributed by atoms with van der Waals surface area (Å²) in [5, 5.41) is 4.06. The van der Waals surface area contributed by atoms with Crippen LogP contribution in [0.3, 0.4) is 0 Å². The Labute approximate surface area is 242 Å². The van der Waals surface area contributed by atoms with Crippen LogP contribution >= 0.6 is 23.5 Å². The fourth-order valence-corrected chi connectivity index (χ4v) is 4.62. The van der Waals surface area contributed by atoms with Crippen LogP contribution in [0, 0.1) is 0 Å². The molecule has 0 aliphatic heterocycles. The first-order valence-corrected chi connectivity index (χ1v) is 14.4. The van der Waals surface area contributed by atoms with Gasteiger partial charge in [-0.3, -0.25) is 4.57 Å². The van der Waals surface area contributed by atoms with E-state index in [1.54, 1.807) is 12.2 Å². The Kier molecular flexibility index (Phi) is 16.9. The third-order valence-electron chi connectivity index (χ3n) is 5.05. The lowest BCUT2D eigenvalue weighted by Crippen LogP contribution is -2.15. The van der Waals surface area contributed by atoms with E-state index >= 15 is 0 Å². The van der Waals surface area contributed by atoms with Crippen molar-refractivity contribution >= 4 is 35.9 Å². The smallest absolute Gasteiger partial charge is 0.338 e. The van der Waals surface area contributed by atoms with E-state index in [1.165, 1.54) is 19.2 Å². The van der Waals surface area contributed by atoms with Gasteiger partial charge in [0.1, 0.15) is 6.79 Å². The van der Waals surface area contributed by atoms with Crippen molar-refractivity contribution in [2.75, 3.05) is 7.05 Å². The summed E-state index contributed by atoms with van der Waals surface area (Å²) < 4.78 is 45.1. The van der Waals surface area contributed by atoms with Crippen molar-refractivity contribution in [2.24, 2.45) is 5.73 Å².